The largest absolute Gasteiger partial charge is 0.481 e. The summed E-state index contributed by atoms with van der Waals surface area (Å²) in [5.74, 6) is 0.0871. The fourth-order valence-corrected chi connectivity index (χ4v) is 4.07. The first-order chi connectivity index (χ1) is 15.8. The maximum Gasteiger partial charge on any atom is 0.309 e. The number of aryl methyl sites for hydroxylation is 1. The lowest BCUT2D eigenvalue weighted by Crippen LogP contribution is -2.24. The van der Waals surface area contributed by atoms with Crippen molar-refractivity contribution in [1.29, 1.82) is 0 Å². The Morgan fingerprint density at radius 2 is 1.82 bits per heavy atom. The van der Waals surface area contributed by atoms with Crippen LogP contribution in [0.4, 0.5) is 5.69 Å². The molecular formula is C28H32N2O2S. The zero-order valence-electron chi connectivity index (χ0n) is 19.5. The molecule has 33 heavy (non-hydrogen) atoms. The van der Waals surface area contributed by atoms with Gasteiger partial charge in [-0.2, -0.15) is 0 Å². The van der Waals surface area contributed by atoms with Crippen LogP contribution in [0.1, 0.15) is 49.2 Å². The third kappa shape index (κ3) is 8.10. The smallest absolute Gasteiger partial charge is 0.309 e. The molecule has 0 saturated carbocycles. The number of nitrogens with one attached hydrogen (secondary N) is 1. The minimum absolute atomic E-state index is 0.638. The molecule has 2 N–H and O–H groups in total. The highest BCUT2D eigenvalue weighted by molar-refractivity contribution is 7.98. The SMILES string of the molecule is Cc1ccc(SCc2cccc(C=Cc3cccc(NCCCC(C)(C)C(=O)O)c3)n2)cc1. The normalized spacial score (nSPS) is 11.6. The Hall–Kier alpha value is -3.05. The summed E-state index contributed by atoms with van der Waals surface area (Å²) in [5, 5.41) is 12.6. The topological polar surface area (TPSA) is 62.2 Å². The standard InChI is InChI=1S/C28H32N2O2S/c1-21-11-15-26(16-12-21)33-20-25-10-5-8-23(30-25)14-13-22-7-4-9-24(19-22)29-18-6-17-28(2,3)27(31)32/h4-5,7-16,19,29H,6,17-18,20H2,1-3H3,(H,31,32). The fourth-order valence-electron chi connectivity index (χ4n) is 3.27. The molecule has 0 unspecified atom stereocenters. The average molecular weight is 461 g/mol. The van der Waals surface area contributed by atoms with Crippen LogP contribution in [-0.4, -0.2) is 22.6 Å². The quantitative estimate of drug-likeness (QED) is 0.235. The lowest BCUT2D eigenvalue weighted by molar-refractivity contribution is -0.147. The van der Waals surface area contributed by atoms with Gasteiger partial charge in [0.25, 0.3) is 0 Å². The molecule has 2 aromatic carbocycles. The number of carboxylic acid groups (broad SMARTS) is 1. The van der Waals surface area contributed by atoms with Crippen LogP contribution in [0.3, 0.4) is 0 Å². The van der Waals surface area contributed by atoms with Gasteiger partial charge < -0.3 is 10.4 Å². The van der Waals surface area contributed by atoms with Crippen LogP contribution >= 0.6 is 11.8 Å². The van der Waals surface area contributed by atoms with Gasteiger partial charge in [0, 0.05) is 22.9 Å². The van der Waals surface area contributed by atoms with E-state index in [2.05, 4.69) is 60.8 Å². The highest BCUT2D eigenvalue weighted by Gasteiger charge is 2.25. The Balaban J connectivity index is 1.53. The zero-order chi connectivity index (χ0) is 23.7. The molecule has 1 aromatic heterocycles. The van der Waals surface area contributed by atoms with E-state index in [-0.39, 0.29) is 0 Å². The van der Waals surface area contributed by atoms with E-state index in [4.69, 9.17) is 4.98 Å². The molecule has 1 heterocycles. The summed E-state index contributed by atoms with van der Waals surface area (Å²) in [6.07, 6.45) is 5.54. The van der Waals surface area contributed by atoms with E-state index in [1.165, 1.54) is 10.5 Å². The van der Waals surface area contributed by atoms with Crippen LogP contribution in [0.2, 0.25) is 0 Å². The second-order valence-corrected chi connectivity index (χ2v) is 9.88. The molecule has 0 aliphatic heterocycles. The number of hydrogen-bond acceptors (Lipinski definition) is 4. The first-order valence-corrected chi connectivity index (χ1v) is 12.2. The molecular weight excluding hydrogens is 428 g/mol. The van der Waals surface area contributed by atoms with E-state index >= 15 is 0 Å². The number of rotatable bonds is 11. The molecule has 0 amide bonds. The lowest BCUT2D eigenvalue weighted by Gasteiger charge is -2.18. The maximum atomic E-state index is 11.2. The van der Waals surface area contributed by atoms with Gasteiger partial charge in [-0.15, -0.1) is 11.8 Å². The summed E-state index contributed by atoms with van der Waals surface area (Å²) in [7, 11) is 0. The summed E-state index contributed by atoms with van der Waals surface area (Å²) in [6, 6.07) is 22.9. The van der Waals surface area contributed by atoms with E-state index < -0.39 is 11.4 Å². The number of pyridine rings is 1. The molecule has 0 bridgehead atoms. The van der Waals surface area contributed by atoms with Gasteiger partial charge in [-0.25, -0.2) is 0 Å². The zero-order valence-corrected chi connectivity index (χ0v) is 20.4. The van der Waals surface area contributed by atoms with Crippen molar-refractivity contribution in [2.45, 2.75) is 44.3 Å². The molecule has 4 nitrogen and oxygen atoms in total. The molecule has 5 heteroatoms. The van der Waals surface area contributed by atoms with Crippen molar-refractivity contribution in [3.05, 3.63) is 89.2 Å². The highest BCUT2D eigenvalue weighted by Crippen LogP contribution is 2.24. The summed E-state index contributed by atoms with van der Waals surface area (Å²) < 4.78 is 0. The number of nitrogens with zero attached hydrogens (tertiary/aromatic N) is 1. The van der Waals surface area contributed by atoms with Crippen LogP contribution in [-0.2, 0) is 10.5 Å². The Bertz CT molecular complexity index is 1090. The molecule has 0 aliphatic rings. The number of carbonyl (C=O) groups is 1. The molecule has 3 aromatic rings. The van der Waals surface area contributed by atoms with Gasteiger partial charge in [0.2, 0.25) is 0 Å². The van der Waals surface area contributed by atoms with E-state index in [9.17, 15) is 9.90 Å². The van der Waals surface area contributed by atoms with E-state index in [0.717, 1.165) is 41.4 Å². The van der Waals surface area contributed by atoms with Crippen molar-refractivity contribution in [1.82, 2.24) is 4.98 Å². The molecule has 0 aliphatic carbocycles. The van der Waals surface area contributed by atoms with Crippen molar-refractivity contribution in [2.75, 3.05) is 11.9 Å². The second-order valence-electron chi connectivity index (χ2n) is 8.83. The Kier molecular flexibility index (Phi) is 8.72. The molecule has 0 atom stereocenters. The molecule has 0 spiro atoms. The van der Waals surface area contributed by atoms with Crippen LogP contribution in [0.15, 0.2) is 71.6 Å². The van der Waals surface area contributed by atoms with Crippen LogP contribution in [0, 0.1) is 12.3 Å². The average Bonchev–Trinajstić information content (AvgIpc) is 2.81. The third-order valence-electron chi connectivity index (χ3n) is 5.46. The number of hydrogen-bond donors (Lipinski definition) is 2. The van der Waals surface area contributed by atoms with Crippen molar-refractivity contribution in [2.24, 2.45) is 5.41 Å². The predicted octanol–water partition coefficient (Wildman–Crippen LogP) is 7.16. The molecule has 0 radical (unpaired) electrons. The fraction of sp³-hybridized carbons (Fsp3) is 0.286. The van der Waals surface area contributed by atoms with Crippen LogP contribution < -0.4 is 5.32 Å². The Morgan fingerprint density at radius 1 is 1.06 bits per heavy atom. The summed E-state index contributed by atoms with van der Waals surface area (Å²) in [5.41, 5.74) is 4.69. The van der Waals surface area contributed by atoms with E-state index in [0.29, 0.717) is 6.42 Å². The molecule has 172 valence electrons. The predicted molar refractivity (Wildman–Crippen MR) is 139 cm³/mol. The van der Waals surface area contributed by atoms with Gasteiger partial charge in [-0.05, 0) is 81.7 Å². The molecule has 0 fully saturated rings. The van der Waals surface area contributed by atoms with Gasteiger partial charge in [0.1, 0.15) is 0 Å². The van der Waals surface area contributed by atoms with Gasteiger partial charge in [0.05, 0.1) is 16.8 Å². The van der Waals surface area contributed by atoms with Crippen molar-refractivity contribution in [3.63, 3.8) is 0 Å². The second kappa shape index (κ2) is 11.7. The van der Waals surface area contributed by atoms with Crippen molar-refractivity contribution >= 4 is 35.6 Å². The number of aromatic nitrogens is 1. The van der Waals surface area contributed by atoms with Crippen molar-refractivity contribution in [3.8, 4) is 0 Å². The third-order valence-corrected chi connectivity index (χ3v) is 6.50. The number of aliphatic carboxylic acids is 1. The summed E-state index contributed by atoms with van der Waals surface area (Å²) >= 11 is 1.79. The first kappa shape index (κ1) is 24.6. The highest BCUT2D eigenvalue weighted by atomic mass is 32.2. The number of anilines is 1. The molecule has 3 rings (SSSR count). The number of benzene rings is 2. The maximum absolute atomic E-state index is 11.2. The van der Waals surface area contributed by atoms with E-state index in [1.807, 2.05) is 30.3 Å². The number of carboxylic acids is 1. The van der Waals surface area contributed by atoms with Gasteiger partial charge >= 0.3 is 5.97 Å². The number of thioether (sulfide) groups is 1. The minimum atomic E-state index is -0.749. The summed E-state index contributed by atoms with van der Waals surface area (Å²) in [6.45, 7) is 6.38. The summed E-state index contributed by atoms with van der Waals surface area (Å²) in [4.78, 5) is 17.2. The Labute approximate surface area is 201 Å². The van der Waals surface area contributed by atoms with Gasteiger partial charge in [-0.3, -0.25) is 9.78 Å². The minimum Gasteiger partial charge on any atom is -0.481 e. The Morgan fingerprint density at radius 3 is 2.58 bits per heavy atom. The first-order valence-electron chi connectivity index (χ1n) is 11.2. The van der Waals surface area contributed by atoms with E-state index in [1.54, 1.807) is 25.6 Å². The van der Waals surface area contributed by atoms with Crippen molar-refractivity contribution < 1.29 is 9.90 Å². The monoisotopic (exact) mass is 460 g/mol. The van der Waals surface area contributed by atoms with Gasteiger partial charge in [-0.1, -0.05) is 42.0 Å². The van der Waals surface area contributed by atoms with Crippen LogP contribution in [0.5, 0.6) is 0 Å². The van der Waals surface area contributed by atoms with Crippen LogP contribution in [0.25, 0.3) is 12.2 Å². The van der Waals surface area contributed by atoms with Gasteiger partial charge in [0.15, 0.2) is 0 Å². The lowest BCUT2D eigenvalue weighted by atomic mass is 9.88. The molecule has 0 saturated heterocycles.